The van der Waals surface area contributed by atoms with Crippen LogP contribution in [-0.4, -0.2) is 35.6 Å². The molecular formula is C12H16ClN3O4. The van der Waals surface area contributed by atoms with Gasteiger partial charge in [0.2, 0.25) is 0 Å². The molecule has 0 unspecified atom stereocenters. The number of nitrogens with zero attached hydrogens (tertiary/aromatic N) is 2. The first-order chi connectivity index (χ1) is 9.41. The number of hydrogen-bond donors (Lipinski definition) is 1. The van der Waals surface area contributed by atoms with E-state index in [2.05, 4.69) is 10.3 Å². The highest BCUT2D eigenvalue weighted by Gasteiger charge is 2.16. The summed E-state index contributed by atoms with van der Waals surface area (Å²) in [5, 5.41) is 13.1. The third-order valence-corrected chi connectivity index (χ3v) is 2.56. The van der Waals surface area contributed by atoms with Crippen LogP contribution >= 0.6 is 11.6 Å². The molecule has 0 saturated heterocycles. The molecule has 0 saturated carbocycles. The van der Waals surface area contributed by atoms with Gasteiger partial charge >= 0.3 is 0 Å². The minimum absolute atomic E-state index is 0.0234. The van der Waals surface area contributed by atoms with E-state index in [9.17, 15) is 14.9 Å². The second-order valence-electron chi connectivity index (χ2n) is 4.51. The van der Waals surface area contributed by atoms with Crippen LogP contribution in [0.4, 0.5) is 5.69 Å². The SMILES string of the molecule is CC(C)COCCNC(=O)c1cc([N+](=O)[O-])cnc1Cl. The molecule has 1 N–H and O–H groups in total. The van der Waals surface area contributed by atoms with Crippen LogP contribution in [0.1, 0.15) is 24.2 Å². The average molecular weight is 302 g/mol. The lowest BCUT2D eigenvalue weighted by molar-refractivity contribution is -0.385. The summed E-state index contributed by atoms with van der Waals surface area (Å²) >= 11 is 5.75. The van der Waals surface area contributed by atoms with E-state index in [0.29, 0.717) is 25.7 Å². The topological polar surface area (TPSA) is 94.4 Å². The predicted octanol–water partition coefficient (Wildman–Crippen LogP) is 2.05. The Morgan fingerprint density at radius 2 is 2.30 bits per heavy atom. The van der Waals surface area contributed by atoms with Crippen LogP contribution < -0.4 is 5.32 Å². The number of nitrogens with one attached hydrogen (secondary N) is 1. The number of rotatable bonds is 7. The quantitative estimate of drug-likeness (QED) is 0.360. The van der Waals surface area contributed by atoms with E-state index in [1.165, 1.54) is 0 Å². The van der Waals surface area contributed by atoms with Crippen molar-refractivity contribution in [1.82, 2.24) is 10.3 Å². The molecule has 0 aliphatic carbocycles. The van der Waals surface area contributed by atoms with Crippen molar-refractivity contribution in [3.63, 3.8) is 0 Å². The Hall–Kier alpha value is -1.73. The average Bonchev–Trinajstić information content (AvgIpc) is 2.37. The molecule has 8 heteroatoms. The van der Waals surface area contributed by atoms with Gasteiger partial charge in [0.25, 0.3) is 11.6 Å². The minimum atomic E-state index is -0.633. The lowest BCUT2D eigenvalue weighted by Crippen LogP contribution is -2.28. The Morgan fingerprint density at radius 1 is 1.60 bits per heavy atom. The number of carbonyl (C=O) groups is 1. The van der Waals surface area contributed by atoms with Crippen molar-refractivity contribution in [1.29, 1.82) is 0 Å². The van der Waals surface area contributed by atoms with Gasteiger partial charge in [-0.05, 0) is 5.92 Å². The molecule has 20 heavy (non-hydrogen) atoms. The molecule has 0 bridgehead atoms. The first kappa shape index (κ1) is 16.3. The molecule has 0 radical (unpaired) electrons. The molecule has 0 aromatic carbocycles. The van der Waals surface area contributed by atoms with Crippen molar-refractivity contribution in [3.05, 3.63) is 33.1 Å². The highest BCUT2D eigenvalue weighted by Crippen LogP contribution is 2.18. The van der Waals surface area contributed by atoms with Crippen LogP contribution in [0.25, 0.3) is 0 Å². The van der Waals surface area contributed by atoms with Gasteiger partial charge < -0.3 is 10.1 Å². The van der Waals surface area contributed by atoms with Crippen LogP contribution in [-0.2, 0) is 4.74 Å². The Kier molecular flexibility index (Phi) is 6.33. The molecule has 0 spiro atoms. The summed E-state index contributed by atoms with van der Waals surface area (Å²) in [6.45, 7) is 5.31. The summed E-state index contributed by atoms with van der Waals surface area (Å²) in [5.74, 6) is -0.0968. The molecule has 1 aromatic heterocycles. The fourth-order valence-electron chi connectivity index (χ4n) is 1.35. The smallest absolute Gasteiger partial charge is 0.288 e. The molecule has 110 valence electrons. The highest BCUT2D eigenvalue weighted by molar-refractivity contribution is 6.32. The normalized spacial score (nSPS) is 10.6. The maximum atomic E-state index is 11.8. The maximum Gasteiger partial charge on any atom is 0.288 e. The van der Waals surface area contributed by atoms with E-state index in [0.717, 1.165) is 12.3 Å². The van der Waals surface area contributed by atoms with E-state index >= 15 is 0 Å². The number of hydrogen-bond acceptors (Lipinski definition) is 5. The van der Waals surface area contributed by atoms with Gasteiger partial charge in [0, 0.05) is 19.2 Å². The molecule has 7 nitrogen and oxygen atoms in total. The van der Waals surface area contributed by atoms with Crippen LogP contribution in [0.15, 0.2) is 12.3 Å². The summed E-state index contributed by atoms with van der Waals surface area (Å²) in [6, 6.07) is 1.10. The zero-order chi connectivity index (χ0) is 15.1. The third kappa shape index (κ3) is 5.10. The Labute approximate surface area is 121 Å². The standard InChI is InChI=1S/C12H16ClN3O4/c1-8(2)7-20-4-3-14-12(17)10-5-9(16(18)19)6-15-11(10)13/h5-6,8H,3-4,7H2,1-2H3,(H,14,17). The minimum Gasteiger partial charge on any atom is -0.379 e. The van der Waals surface area contributed by atoms with Crippen molar-refractivity contribution >= 4 is 23.2 Å². The second-order valence-corrected chi connectivity index (χ2v) is 4.87. The molecule has 1 heterocycles. The lowest BCUT2D eigenvalue weighted by Gasteiger charge is -2.08. The zero-order valence-electron chi connectivity index (χ0n) is 11.3. The van der Waals surface area contributed by atoms with E-state index < -0.39 is 10.8 Å². The fraction of sp³-hybridized carbons (Fsp3) is 0.500. The van der Waals surface area contributed by atoms with E-state index in [1.807, 2.05) is 13.8 Å². The van der Waals surface area contributed by atoms with Crippen LogP contribution in [0, 0.1) is 16.0 Å². The van der Waals surface area contributed by atoms with E-state index in [-0.39, 0.29) is 16.4 Å². The van der Waals surface area contributed by atoms with Gasteiger partial charge in [-0.2, -0.15) is 0 Å². The monoisotopic (exact) mass is 301 g/mol. The molecule has 0 aliphatic heterocycles. The van der Waals surface area contributed by atoms with Gasteiger partial charge in [-0.1, -0.05) is 25.4 Å². The Morgan fingerprint density at radius 3 is 2.90 bits per heavy atom. The van der Waals surface area contributed by atoms with Gasteiger partial charge in [0.05, 0.1) is 17.1 Å². The second kappa shape index (κ2) is 7.76. The maximum absolute atomic E-state index is 11.8. The molecule has 1 rings (SSSR count). The number of amides is 1. The van der Waals surface area contributed by atoms with Gasteiger partial charge in [0.15, 0.2) is 0 Å². The summed E-state index contributed by atoms with van der Waals surface area (Å²) in [7, 11) is 0. The van der Waals surface area contributed by atoms with Crippen molar-refractivity contribution in [2.24, 2.45) is 5.92 Å². The van der Waals surface area contributed by atoms with Crippen molar-refractivity contribution in [3.8, 4) is 0 Å². The van der Waals surface area contributed by atoms with Crippen LogP contribution in [0.3, 0.4) is 0 Å². The third-order valence-electron chi connectivity index (χ3n) is 2.26. The molecule has 1 amide bonds. The zero-order valence-corrected chi connectivity index (χ0v) is 12.0. The largest absolute Gasteiger partial charge is 0.379 e. The highest BCUT2D eigenvalue weighted by atomic mass is 35.5. The predicted molar refractivity (Wildman–Crippen MR) is 73.9 cm³/mol. The van der Waals surface area contributed by atoms with Crippen molar-refractivity contribution in [2.45, 2.75) is 13.8 Å². The lowest BCUT2D eigenvalue weighted by atomic mass is 10.2. The molecule has 0 aliphatic rings. The number of nitro groups is 1. The number of aromatic nitrogens is 1. The van der Waals surface area contributed by atoms with Crippen LogP contribution in [0.5, 0.6) is 0 Å². The van der Waals surface area contributed by atoms with Crippen molar-refractivity contribution in [2.75, 3.05) is 19.8 Å². The fourth-order valence-corrected chi connectivity index (χ4v) is 1.54. The first-order valence-electron chi connectivity index (χ1n) is 6.07. The summed E-state index contributed by atoms with van der Waals surface area (Å²) in [6.07, 6.45) is 1.00. The summed E-state index contributed by atoms with van der Waals surface area (Å²) in [5.41, 5.74) is -0.305. The molecule has 0 fully saturated rings. The molecule has 0 atom stereocenters. The number of carbonyl (C=O) groups excluding carboxylic acids is 1. The van der Waals surface area contributed by atoms with Gasteiger partial charge in [0.1, 0.15) is 11.3 Å². The van der Waals surface area contributed by atoms with Crippen LogP contribution in [0.2, 0.25) is 5.15 Å². The van der Waals surface area contributed by atoms with Gasteiger partial charge in [-0.15, -0.1) is 0 Å². The van der Waals surface area contributed by atoms with E-state index in [4.69, 9.17) is 16.3 Å². The number of ether oxygens (including phenoxy) is 1. The summed E-state index contributed by atoms with van der Waals surface area (Å²) in [4.78, 5) is 25.4. The van der Waals surface area contributed by atoms with Crippen molar-refractivity contribution < 1.29 is 14.5 Å². The molecular weight excluding hydrogens is 286 g/mol. The number of pyridine rings is 1. The van der Waals surface area contributed by atoms with Gasteiger partial charge in [-0.3, -0.25) is 14.9 Å². The Balaban J connectivity index is 2.55. The van der Waals surface area contributed by atoms with Gasteiger partial charge in [-0.25, -0.2) is 4.98 Å². The molecule has 1 aromatic rings. The Bertz CT molecular complexity index is 494. The first-order valence-corrected chi connectivity index (χ1v) is 6.45. The summed E-state index contributed by atoms with van der Waals surface area (Å²) < 4.78 is 5.30. The number of halogens is 1. The van der Waals surface area contributed by atoms with E-state index in [1.54, 1.807) is 0 Å².